The number of nitrogens with zero attached hydrogens (tertiary/aromatic N) is 5. The van der Waals surface area contributed by atoms with Crippen molar-refractivity contribution in [2.75, 3.05) is 39.3 Å². The number of hydrogen-bond acceptors (Lipinski definition) is 4. The molecule has 3 rings (SSSR count). The van der Waals surface area contributed by atoms with E-state index in [1.54, 1.807) is 11.1 Å². The number of likely N-dealkylation sites (tertiary alicyclic amines) is 1. The van der Waals surface area contributed by atoms with Crippen LogP contribution in [-0.4, -0.2) is 75.9 Å². The molecule has 3 amide bonds. The average molecular weight is 303 g/mol. The molecule has 3 heterocycles. The molecular weight excluding hydrogens is 282 g/mol. The normalized spacial score (nSPS) is 19.2. The van der Waals surface area contributed by atoms with Crippen LogP contribution in [0.5, 0.6) is 0 Å². The molecule has 118 valence electrons. The van der Waals surface area contributed by atoms with Gasteiger partial charge in [-0.1, -0.05) is 0 Å². The molecule has 0 bridgehead atoms. The van der Waals surface area contributed by atoms with Crippen LogP contribution in [0.25, 0.3) is 0 Å². The first-order valence-corrected chi connectivity index (χ1v) is 7.85. The molecule has 2 saturated heterocycles. The van der Waals surface area contributed by atoms with E-state index >= 15 is 0 Å². The predicted octanol–water partition coefficient (Wildman–Crippen LogP) is 0.840. The molecule has 2 aliphatic heterocycles. The third-order valence-electron chi connectivity index (χ3n) is 4.25. The van der Waals surface area contributed by atoms with Gasteiger partial charge in [0.25, 0.3) is 5.91 Å². The third-order valence-corrected chi connectivity index (χ3v) is 4.25. The quantitative estimate of drug-likeness (QED) is 0.771. The number of carbonyl (C=O) groups is 2. The zero-order valence-corrected chi connectivity index (χ0v) is 12.6. The van der Waals surface area contributed by atoms with Gasteiger partial charge in [-0.3, -0.25) is 9.78 Å². The van der Waals surface area contributed by atoms with Crippen molar-refractivity contribution in [1.29, 1.82) is 0 Å². The highest BCUT2D eigenvalue weighted by Crippen LogP contribution is 2.13. The van der Waals surface area contributed by atoms with Crippen LogP contribution in [0, 0.1) is 0 Å². The Morgan fingerprint density at radius 1 is 0.818 bits per heavy atom. The maximum absolute atomic E-state index is 12.4. The summed E-state index contributed by atoms with van der Waals surface area (Å²) in [4.78, 5) is 38.2. The van der Waals surface area contributed by atoms with Crippen molar-refractivity contribution in [1.82, 2.24) is 24.7 Å². The van der Waals surface area contributed by atoms with Crippen LogP contribution >= 0.6 is 0 Å². The number of amides is 3. The molecule has 0 spiro atoms. The van der Waals surface area contributed by atoms with E-state index in [4.69, 9.17) is 0 Å². The lowest BCUT2D eigenvalue weighted by Crippen LogP contribution is -2.54. The topological polar surface area (TPSA) is 69.6 Å². The van der Waals surface area contributed by atoms with E-state index in [1.807, 2.05) is 9.80 Å². The van der Waals surface area contributed by atoms with Gasteiger partial charge in [0, 0.05) is 51.7 Å². The highest BCUT2D eigenvalue weighted by Gasteiger charge is 2.28. The number of piperidine rings is 1. The van der Waals surface area contributed by atoms with Gasteiger partial charge in [-0.2, -0.15) is 0 Å². The summed E-state index contributed by atoms with van der Waals surface area (Å²) in [6.07, 6.45) is 7.95. The summed E-state index contributed by atoms with van der Waals surface area (Å²) in [5.41, 5.74) is 0.360. The summed E-state index contributed by atoms with van der Waals surface area (Å²) in [7, 11) is 0. The molecule has 1 aromatic rings. The van der Waals surface area contributed by atoms with Gasteiger partial charge in [0.2, 0.25) is 0 Å². The third kappa shape index (κ3) is 3.18. The monoisotopic (exact) mass is 303 g/mol. The number of rotatable bonds is 1. The second-order valence-electron chi connectivity index (χ2n) is 5.70. The van der Waals surface area contributed by atoms with Gasteiger partial charge >= 0.3 is 6.03 Å². The van der Waals surface area contributed by atoms with Crippen LogP contribution in [0.4, 0.5) is 4.79 Å². The minimum Gasteiger partial charge on any atom is -0.334 e. The minimum atomic E-state index is -0.113. The number of aromatic nitrogens is 2. The number of urea groups is 1. The smallest absolute Gasteiger partial charge is 0.320 e. The molecule has 0 aliphatic carbocycles. The molecule has 7 heteroatoms. The molecule has 0 radical (unpaired) electrons. The van der Waals surface area contributed by atoms with E-state index in [1.165, 1.54) is 18.8 Å². The lowest BCUT2D eigenvalue weighted by atomic mass is 10.1. The Balaban J connectivity index is 1.54. The van der Waals surface area contributed by atoms with Crippen molar-refractivity contribution in [3.63, 3.8) is 0 Å². The largest absolute Gasteiger partial charge is 0.334 e. The van der Waals surface area contributed by atoms with Crippen molar-refractivity contribution in [2.45, 2.75) is 19.3 Å². The lowest BCUT2D eigenvalue weighted by molar-refractivity contribution is 0.0627. The molecule has 0 unspecified atom stereocenters. The van der Waals surface area contributed by atoms with Crippen molar-refractivity contribution < 1.29 is 9.59 Å². The Morgan fingerprint density at radius 3 is 2.09 bits per heavy atom. The van der Waals surface area contributed by atoms with Crippen LogP contribution in [0.3, 0.4) is 0 Å². The van der Waals surface area contributed by atoms with Gasteiger partial charge in [-0.25, -0.2) is 9.78 Å². The molecule has 2 aliphatic rings. The Kier molecular flexibility index (Phi) is 4.50. The van der Waals surface area contributed by atoms with E-state index in [0.29, 0.717) is 31.9 Å². The van der Waals surface area contributed by atoms with Crippen LogP contribution in [0.15, 0.2) is 18.6 Å². The van der Waals surface area contributed by atoms with E-state index in [0.717, 1.165) is 25.9 Å². The summed E-state index contributed by atoms with van der Waals surface area (Å²) in [6.45, 7) is 3.99. The van der Waals surface area contributed by atoms with Crippen LogP contribution < -0.4 is 0 Å². The maximum atomic E-state index is 12.4. The molecule has 22 heavy (non-hydrogen) atoms. The summed E-state index contributed by atoms with van der Waals surface area (Å²) in [6, 6.07) is 0.117. The Labute approximate surface area is 129 Å². The SMILES string of the molecule is O=C(c1cnccn1)N1CCN(C(=O)N2CCCCC2)CC1. The highest BCUT2D eigenvalue weighted by atomic mass is 16.2. The fourth-order valence-corrected chi connectivity index (χ4v) is 2.96. The van der Waals surface area contributed by atoms with Crippen LogP contribution in [0.2, 0.25) is 0 Å². The van der Waals surface area contributed by atoms with E-state index < -0.39 is 0 Å². The highest BCUT2D eigenvalue weighted by molar-refractivity contribution is 5.92. The average Bonchev–Trinajstić information content (AvgIpc) is 2.62. The number of carbonyl (C=O) groups excluding carboxylic acids is 2. The molecule has 0 atom stereocenters. The van der Waals surface area contributed by atoms with Crippen LogP contribution in [0.1, 0.15) is 29.8 Å². The van der Waals surface area contributed by atoms with Crippen molar-refractivity contribution in [3.05, 3.63) is 24.3 Å². The van der Waals surface area contributed by atoms with Crippen molar-refractivity contribution in [2.24, 2.45) is 0 Å². The summed E-state index contributed by atoms with van der Waals surface area (Å²) >= 11 is 0. The zero-order valence-electron chi connectivity index (χ0n) is 12.6. The fourth-order valence-electron chi connectivity index (χ4n) is 2.96. The lowest BCUT2D eigenvalue weighted by Gasteiger charge is -2.38. The molecule has 7 nitrogen and oxygen atoms in total. The molecular formula is C15H21N5O2. The first-order chi connectivity index (χ1) is 10.8. The van der Waals surface area contributed by atoms with E-state index in [2.05, 4.69) is 9.97 Å². The van der Waals surface area contributed by atoms with Crippen LogP contribution in [-0.2, 0) is 0 Å². The first-order valence-electron chi connectivity index (χ1n) is 7.85. The standard InChI is InChI=1S/C15H21N5O2/c21-14(13-12-16-4-5-17-13)18-8-10-20(11-9-18)15(22)19-6-2-1-3-7-19/h4-5,12H,1-3,6-11H2. The van der Waals surface area contributed by atoms with Gasteiger partial charge < -0.3 is 14.7 Å². The summed E-state index contributed by atoms with van der Waals surface area (Å²) < 4.78 is 0. The minimum absolute atomic E-state index is 0.113. The second kappa shape index (κ2) is 6.72. The number of hydrogen-bond donors (Lipinski definition) is 0. The molecule has 0 saturated carbocycles. The Hall–Kier alpha value is -2.18. The first kappa shape index (κ1) is 14.7. The number of piperazine rings is 1. The molecule has 0 aromatic carbocycles. The molecule has 1 aromatic heterocycles. The van der Waals surface area contributed by atoms with Crippen molar-refractivity contribution in [3.8, 4) is 0 Å². The van der Waals surface area contributed by atoms with Crippen molar-refractivity contribution >= 4 is 11.9 Å². The second-order valence-corrected chi connectivity index (χ2v) is 5.70. The predicted molar refractivity (Wildman–Crippen MR) is 80.3 cm³/mol. The molecule has 2 fully saturated rings. The summed E-state index contributed by atoms with van der Waals surface area (Å²) in [5, 5.41) is 0. The Bertz CT molecular complexity index is 522. The fraction of sp³-hybridized carbons (Fsp3) is 0.600. The molecule has 0 N–H and O–H groups in total. The maximum Gasteiger partial charge on any atom is 0.320 e. The van der Waals surface area contributed by atoms with Gasteiger partial charge in [-0.05, 0) is 19.3 Å². The summed E-state index contributed by atoms with van der Waals surface area (Å²) in [5.74, 6) is -0.113. The van der Waals surface area contributed by atoms with Gasteiger partial charge in [0.15, 0.2) is 0 Å². The van der Waals surface area contributed by atoms with E-state index in [-0.39, 0.29) is 11.9 Å². The Morgan fingerprint density at radius 2 is 1.45 bits per heavy atom. The van der Waals surface area contributed by atoms with Gasteiger partial charge in [0.05, 0.1) is 6.20 Å². The van der Waals surface area contributed by atoms with Gasteiger partial charge in [0.1, 0.15) is 5.69 Å². The van der Waals surface area contributed by atoms with Gasteiger partial charge in [-0.15, -0.1) is 0 Å². The zero-order chi connectivity index (χ0) is 15.4. The van der Waals surface area contributed by atoms with E-state index in [9.17, 15) is 9.59 Å².